The van der Waals surface area contributed by atoms with Gasteiger partial charge < -0.3 is 15.2 Å². The Morgan fingerprint density at radius 1 is 1.25 bits per heavy atom. The van der Waals surface area contributed by atoms with E-state index in [4.69, 9.17) is 4.74 Å². The molecule has 1 aliphatic rings. The van der Waals surface area contributed by atoms with Crippen LogP contribution in [0.4, 0.5) is 0 Å². The normalized spacial score (nSPS) is 20.8. The van der Waals surface area contributed by atoms with Gasteiger partial charge in [-0.25, -0.2) is 0 Å². The van der Waals surface area contributed by atoms with E-state index < -0.39 is 0 Å². The van der Waals surface area contributed by atoms with Crippen LogP contribution >= 0.6 is 0 Å². The lowest BCUT2D eigenvalue weighted by atomic mass is 9.85. The molecule has 128 valence electrons. The zero-order valence-corrected chi connectivity index (χ0v) is 14.1. The zero-order chi connectivity index (χ0) is 16.9. The van der Waals surface area contributed by atoms with Crippen molar-refractivity contribution in [3.63, 3.8) is 0 Å². The summed E-state index contributed by atoms with van der Waals surface area (Å²) in [6.07, 6.45) is 4.56. The smallest absolute Gasteiger partial charge is 0.224 e. The zero-order valence-electron chi connectivity index (χ0n) is 14.1. The van der Waals surface area contributed by atoms with Crippen molar-refractivity contribution in [2.75, 3.05) is 13.7 Å². The maximum Gasteiger partial charge on any atom is 0.224 e. The van der Waals surface area contributed by atoms with Gasteiger partial charge in [-0.05, 0) is 41.3 Å². The third kappa shape index (κ3) is 3.70. The highest BCUT2D eigenvalue weighted by Gasteiger charge is 2.25. The number of hydrogen-bond acceptors (Lipinski definition) is 3. The van der Waals surface area contributed by atoms with Gasteiger partial charge in [0.1, 0.15) is 5.75 Å². The molecular weight excluding hydrogens is 302 g/mol. The minimum absolute atomic E-state index is 0.0238. The van der Waals surface area contributed by atoms with Gasteiger partial charge in [0.25, 0.3) is 0 Å². The lowest BCUT2D eigenvalue weighted by Gasteiger charge is -2.30. The van der Waals surface area contributed by atoms with Crippen LogP contribution in [0.25, 0.3) is 10.8 Å². The number of nitrogens with one attached hydrogen (secondary N) is 1. The van der Waals surface area contributed by atoms with Crippen LogP contribution < -0.4 is 10.1 Å². The minimum Gasteiger partial charge on any atom is -0.497 e. The topological polar surface area (TPSA) is 58.6 Å². The molecule has 0 saturated heterocycles. The van der Waals surface area contributed by atoms with E-state index in [1.165, 1.54) is 0 Å². The third-order valence-corrected chi connectivity index (χ3v) is 5.02. The predicted molar refractivity (Wildman–Crippen MR) is 95.2 cm³/mol. The van der Waals surface area contributed by atoms with Crippen molar-refractivity contribution >= 4 is 16.7 Å². The third-order valence-electron chi connectivity index (χ3n) is 5.02. The fraction of sp³-hybridized carbons (Fsp3) is 0.450. The maximum atomic E-state index is 12.5. The molecule has 2 atom stereocenters. The van der Waals surface area contributed by atoms with Gasteiger partial charge in [-0.3, -0.25) is 4.79 Å². The fourth-order valence-electron chi connectivity index (χ4n) is 3.64. The van der Waals surface area contributed by atoms with Gasteiger partial charge >= 0.3 is 0 Å². The van der Waals surface area contributed by atoms with Crippen LogP contribution in [0.1, 0.15) is 31.2 Å². The van der Waals surface area contributed by atoms with E-state index in [0.717, 1.165) is 47.8 Å². The lowest BCUT2D eigenvalue weighted by molar-refractivity contribution is -0.121. The van der Waals surface area contributed by atoms with Gasteiger partial charge in [0, 0.05) is 18.6 Å². The van der Waals surface area contributed by atoms with Gasteiger partial charge in [-0.15, -0.1) is 0 Å². The van der Waals surface area contributed by atoms with Crippen LogP contribution in [0, 0.1) is 5.92 Å². The molecule has 1 amide bonds. The Balaban J connectivity index is 1.75. The first kappa shape index (κ1) is 16.8. The molecule has 1 fully saturated rings. The number of carbonyl (C=O) groups is 1. The standard InChI is InChI=1S/C20H25NO3/c1-24-17-10-9-14-6-4-7-15(18(14)12-17)11-20(23)21-19-8-3-2-5-16(19)13-22/h4,6-7,9-10,12,16,19,22H,2-3,5,8,11,13H2,1H3,(H,21,23). The van der Waals surface area contributed by atoms with E-state index in [0.29, 0.717) is 6.42 Å². The molecule has 4 heteroatoms. The number of carbonyl (C=O) groups excluding carboxylic acids is 1. The number of amides is 1. The Hall–Kier alpha value is -2.07. The molecule has 0 spiro atoms. The molecular formula is C20H25NO3. The predicted octanol–water partition coefficient (Wildman–Crippen LogP) is 3.06. The number of ether oxygens (including phenoxy) is 1. The molecule has 24 heavy (non-hydrogen) atoms. The molecule has 1 saturated carbocycles. The van der Waals surface area contributed by atoms with Crippen LogP contribution in [-0.4, -0.2) is 30.8 Å². The lowest BCUT2D eigenvalue weighted by Crippen LogP contribution is -2.44. The molecule has 0 bridgehead atoms. The average Bonchev–Trinajstić information content (AvgIpc) is 2.62. The fourth-order valence-corrected chi connectivity index (χ4v) is 3.64. The molecule has 0 aliphatic heterocycles. The molecule has 0 radical (unpaired) electrons. The van der Waals surface area contributed by atoms with Crippen molar-refractivity contribution in [1.29, 1.82) is 0 Å². The second-order valence-electron chi connectivity index (χ2n) is 6.58. The number of methoxy groups -OCH3 is 1. The van der Waals surface area contributed by atoms with Gasteiger partial charge in [0.05, 0.1) is 13.5 Å². The Morgan fingerprint density at radius 3 is 2.88 bits per heavy atom. The molecule has 1 aliphatic carbocycles. The Labute approximate surface area is 142 Å². The van der Waals surface area contributed by atoms with Crippen molar-refractivity contribution in [3.05, 3.63) is 42.0 Å². The van der Waals surface area contributed by atoms with Gasteiger partial charge in [0.15, 0.2) is 0 Å². The largest absolute Gasteiger partial charge is 0.497 e. The van der Waals surface area contributed by atoms with Crippen LogP contribution in [-0.2, 0) is 11.2 Å². The Morgan fingerprint density at radius 2 is 2.08 bits per heavy atom. The molecule has 2 N–H and O–H groups in total. The van der Waals surface area contributed by atoms with Crippen LogP contribution in [0.5, 0.6) is 5.75 Å². The average molecular weight is 327 g/mol. The monoisotopic (exact) mass is 327 g/mol. The number of aliphatic hydroxyl groups is 1. The first-order valence-corrected chi connectivity index (χ1v) is 8.67. The summed E-state index contributed by atoms with van der Waals surface area (Å²) in [6.45, 7) is 0.149. The summed E-state index contributed by atoms with van der Waals surface area (Å²) in [7, 11) is 1.65. The van der Waals surface area contributed by atoms with Crippen LogP contribution in [0.15, 0.2) is 36.4 Å². The van der Waals surface area contributed by atoms with E-state index >= 15 is 0 Å². The summed E-state index contributed by atoms with van der Waals surface area (Å²) in [5.41, 5.74) is 1.00. The van der Waals surface area contributed by atoms with E-state index in [-0.39, 0.29) is 24.5 Å². The van der Waals surface area contributed by atoms with Crippen molar-refractivity contribution in [1.82, 2.24) is 5.32 Å². The van der Waals surface area contributed by atoms with E-state index in [2.05, 4.69) is 5.32 Å². The SMILES string of the molecule is COc1ccc2cccc(CC(=O)NC3CCCCC3CO)c2c1. The Kier molecular flexibility index (Phi) is 5.36. The van der Waals surface area contributed by atoms with Crippen molar-refractivity contribution < 1.29 is 14.6 Å². The summed E-state index contributed by atoms with van der Waals surface area (Å²) in [4.78, 5) is 12.5. The van der Waals surface area contributed by atoms with Crippen molar-refractivity contribution in [2.45, 2.75) is 38.1 Å². The number of aliphatic hydroxyl groups excluding tert-OH is 1. The van der Waals surface area contributed by atoms with Crippen molar-refractivity contribution in [3.8, 4) is 5.75 Å². The van der Waals surface area contributed by atoms with Crippen LogP contribution in [0.2, 0.25) is 0 Å². The maximum absolute atomic E-state index is 12.5. The highest BCUT2D eigenvalue weighted by molar-refractivity contribution is 5.91. The van der Waals surface area contributed by atoms with Gasteiger partial charge in [-0.2, -0.15) is 0 Å². The highest BCUT2D eigenvalue weighted by atomic mass is 16.5. The van der Waals surface area contributed by atoms with E-state index in [1.54, 1.807) is 7.11 Å². The number of rotatable bonds is 5. The number of fused-ring (bicyclic) bond motifs is 1. The summed E-state index contributed by atoms with van der Waals surface area (Å²) >= 11 is 0. The number of benzene rings is 2. The van der Waals surface area contributed by atoms with Crippen molar-refractivity contribution in [2.24, 2.45) is 5.92 Å². The second kappa shape index (κ2) is 7.67. The first-order valence-electron chi connectivity index (χ1n) is 8.67. The van der Waals surface area contributed by atoms with Gasteiger partial charge in [0.2, 0.25) is 5.91 Å². The highest BCUT2D eigenvalue weighted by Crippen LogP contribution is 2.26. The molecule has 2 unspecified atom stereocenters. The Bertz CT molecular complexity index is 713. The molecule has 0 aromatic heterocycles. The number of hydrogen-bond donors (Lipinski definition) is 2. The molecule has 4 nitrogen and oxygen atoms in total. The molecule has 2 aromatic carbocycles. The minimum atomic E-state index is 0.0238. The first-order chi connectivity index (χ1) is 11.7. The van der Waals surface area contributed by atoms with Crippen LogP contribution in [0.3, 0.4) is 0 Å². The molecule has 0 heterocycles. The molecule has 2 aromatic rings. The summed E-state index contributed by atoms with van der Waals surface area (Å²) in [6, 6.07) is 12.0. The summed E-state index contributed by atoms with van der Waals surface area (Å²) in [5, 5.41) is 14.8. The van der Waals surface area contributed by atoms with E-state index in [1.807, 2.05) is 36.4 Å². The molecule has 3 rings (SSSR count). The summed E-state index contributed by atoms with van der Waals surface area (Å²) in [5.74, 6) is 1.01. The van der Waals surface area contributed by atoms with Gasteiger partial charge in [-0.1, -0.05) is 37.1 Å². The van der Waals surface area contributed by atoms with E-state index in [9.17, 15) is 9.90 Å². The quantitative estimate of drug-likeness (QED) is 0.887. The summed E-state index contributed by atoms with van der Waals surface area (Å²) < 4.78 is 5.30. The second-order valence-corrected chi connectivity index (χ2v) is 6.58.